The Labute approximate surface area is 307 Å². The lowest BCUT2D eigenvalue weighted by molar-refractivity contribution is -0.160. The van der Waals surface area contributed by atoms with Gasteiger partial charge in [-0.3, -0.25) is 19.2 Å². The molecule has 53 heavy (non-hydrogen) atoms. The fourth-order valence-electron chi connectivity index (χ4n) is 7.06. The molecule has 3 aliphatic heterocycles. The smallest absolute Gasteiger partial charge is 0.302 e. The molecule has 1 aliphatic carbocycles. The summed E-state index contributed by atoms with van der Waals surface area (Å²) in [6, 6.07) is 0. The summed E-state index contributed by atoms with van der Waals surface area (Å²) in [6.07, 6.45) is 3.26. The summed E-state index contributed by atoms with van der Waals surface area (Å²) in [6.45, 7) is 11.3. The van der Waals surface area contributed by atoms with Crippen molar-refractivity contribution in [3.63, 3.8) is 0 Å². The fraction of sp³-hybridized carbons (Fsp3) is 0.500. The number of aliphatic hydroxyl groups excluding tert-OH is 3. The van der Waals surface area contributed by atoms with Crippen molar-refractivity contribution in [2.45, 2.75) is 85.6 Å². The topological polar surface area (TPSA) is 231 Å². The number of hydrogen-bond acceptors (Lipinski definition) is 14. The van der Waals surface area contributed by atoms with E-state index in [9.17, 15) is 44.8 Å². The van der Waals surface area contributed by atoms with Gasteiger partial charge in [-0.15, -0.1) is 0 Å². The van der Waals surface area contributed by atoms with Gasteiger partial charge >= 0.3 is 5.97 Å². The van der Waals surface area contributed by atoms with Crippen molar-refractivity contribution in [3.05, 3.63) is 69.7 Å². The number of allylic oxidation sites excluding steroid dienone is 3. The summed E-state index contributed by atoms with van der Waals surface area (Å²) in [5, 5.41) is 60.3. The van der Waals surface area contributed by atoms with Crippen LogP contribution in [0, 0.1) is 30.6 Å². The van der Waals surface area contributed by atoms with Crippen molar-refractivity contribution in [1.82, 2.24) is 5.32 Å². The number of methoxy groups -OCH3 is 1. The van der Waals surface area contributed by atoms with Gasteiger partial charge in [0.15, 0.2) is 11.5 Å². The highest BCUT2D eigenvalue weighted by molar-refractivity contribution is 6.33. The first-order valence-electron chi connectivity index (χ1n) is 17.2. The number of nitrogens with one attached hydrogen (secondary N) is 1. The molecule has 288 valence electrons. The van der Waals surface area contributed by atoms with Crippen molar-refractivity contribution in [3.8, 4) is 11.5 Å². The van der Waals surface area contributed by atoms with E-state index in [1.165, 1.54) is 59.3 Å². The van der Waals surface area contributed by atoms with E-state index < -0.39 is 112 Å². The number of ketones is 2. The third-order valence-corrected chi connectivity index (χ3v) is 10.3. The molecular weight excluding hydrogens is 692 g/mol. The van der Waals surface area contributed by atoms with Gasteiger partial charge in [-0.2, -0.15) is 0 Å². The number of benzene rings is 1. The van der Waals surface area contributed by atoms with Gasteiger partial charge in [-0.25, -0.2) is 0 Å². The normalized spacial score (nSPS) is 34.2. The molecule has 1 amide bonds. The lowest BCUT2D eigenvalue weighted by Gasteiger charge is -2.38. The second kappa shape index (κ2) is 16.0. The molecule has 4 aliphatic rings. The molecule has 9 atom stereocenters. The van der Waals surface area contributed by atoms with Crippen molar-refractivity contribution in [1.29, 1.82) is 0 Å². The predicted molar refractivity (Wildman–Crippen MR) is 189 cm³/mol. The first-order valence-corrected chi connectivity index (χ1v) is 17.2. The Bertz CT molecular complexity index is 1830. The maximum absolute atomic E-state index is 14.0. The van der Waals surface area contributed by atoms with E-state index in [0.717, 1.165) is 0 Å². The minimum Gasteiger partial charge on any atom is -0.507 e. The van der Waals surface area contributed by atoms with Crippen molar-refractivity contribution in [2.75, 3.05) is 13.7 Å². The molecule has 0 saturated carbocycles. The van der Waals surface area contributed by atoms with Crippen molar-refractivity contribution >= 4 is 29.2 Å². The van der Waals surface area contributed by atoms with Crippen LogP contribution in [0.25, 0.3) is 0 Å². The molecule has 5 bridgehead atoms. The summed E-state index contributed by atoms with van der Waals surface area (Å²) in [4.78, 5) is 53.5. The molecule has 0 fully saturated rings. The molecule has 0 spiro atoms. The number of rotatable bonds is 3. The van der Waals surface area contributed by atoms with Gasteiger partial charge in [0.25, 0.3) is 11.7 Å². The molecule has 1 aromatic carbocycles. The van der Waals surface area contributed by atoms with Gasteiger partial charge in [0.1, 0.15) is 17.6 Å². The van der Waals surface area contributed by atoms with Crippen molar-refractivity contribution < 1.29 is 63.8 Å². The zero-order chi connectivity index (χ0) is 39.7. The number of aromatic hydroxyl groups is 1. The van der Waals surface area contributed by atoms with Crippen LogP contribution in [0.1, 0.15) is 80.3 Å². The quantitative estimate of drug-likeness (QED) is 0.149. The minimum absolute atomic E-state index is 0.00657. The Morgan fingerprint density at radius 1 is 0.981 bits per heavy atom. The van der Waals surface area contributed by atoms with E-state index in [4.69, 9.17) is 18.9 Å². The highest BCUT2D eigenvalue weighted by Crippen LogP contribution is 2.49. The van der Waals surface area contributed by atoms with Crippen LogP contribution in [0.4, 0.5) is 0 Å². The number of amides is 1. The van der Waals surface area contributed by atoms with Crippen LogP contribution in [0.2, 0.25) is 0 Å². The number of ether oxygens (including phenoxy) is 4. The Morgan fingerprint density at radius 2 is 1.64 bits per heavy atom. The van der Waals surface area contributed by atoms with Gasteiger partial charge in [-0.1, -0.05) is 51.1 Å². The standard InChI is InChI=1S/C38H48N2O13/c1-16-11-10-12-17(2)37(48)39-28-23(15-41)32(46)25-26(33(28)47)31(45)21(6)35-27(25)36(40-49)38(8,53-35)51-14-13-24(50-9)18(3)34(52-22(7)42)20(5)30(44)19(4)29(16)43/h10-14,16,18-20,24,29-30,34,41,43-45,49H,15H2,1-9H3,(H,39,48)/b11-10+,14-13+,17-12-,40-36-/t16-,18+,19+,20+,24-,29-,30+,34+,38-/m0/s1. The van der Waals surface area contributed by atoms with E-state index in [0.29, 0.717) is 0 Å². The maximum Gasteiger partial charge on any atom is 0.302 e. The molecule has 6 N–H and O–H groups in total. The van der Waals surface area contributed by atoms with E-state index in [2.05, 4.69) is 10.5 Å². The molecule has 3 heterocycles. The summed E-state index contributed by atoms with van der Waals surface area (Å²) in [5.74, 6) is -8.59. The molecule has 15 nitrogen and oxygen atoms in total. The zero-order valence-electron chi connectivity index (χ0n) is 31.2. The molecule has 0 aromatic heterocycles. The van der Waals surface area contributed by atoms with E-state index in [1.807, 2.05) is 0 Å². The molecule has 1 aromatic rings. The number of aliphatic hydroxyl groups is 3. The van der Waals surface area contributed by atoms with Crippen LogP contribution >= 0.6 is 0 Å². The number of Topliss-reactive ketones (excluding diaryl/α,β-unsaturated/α-hetero) is 2. The van der Waals surface area contributed by atoms with E-state index in [1.54, 1.807) is 33.8 Å². The fourth-order valence-corrected chi connectivity index (χ4v) is 7.06. The first-order chi connectivity index (χ1) is 24.9. The van der Waals surface area contributed by atoms with Gasteiger partial charge < -0.3 is 49.9 Å². The van der Waals surface area contributed by atoms with Crippen LogP contribution in [0.3, 0.4) is 0 Å². The number of phenols is 1. The number of phenolic OH excluding ortho intramolecular Hbond substituents is 1. The van der Waals surface area contributed by atoms with Crippen LogP contribution in [0.5, 0.6) is 11.5 Å². The van der Waals surface area contributed by atoms with Crippen LogP contribution < -0.4 is 10.1 Å². The van der Waals surface area contributed by atoms with Crippen molar-refractivity contribution in [2.24, 2.45) is 28.8 Å². The highest BCUT2D eigenvalue weighted by Gasteiger charge is 2.51. The average molecular weight is 741 g/mol. The third kappa shape index (κ3) is 7.51. The largest absolute Gasteiger partial charge is 0.507 e. The molecular formula is C38H48N2O13. The molecule has 0 radical (unpaired) electrons. The van der Waals surface area contributed by atoms with Crippen LogP contribution in [-0.2, 0) is 23.8 Å². The number of nitrogens with zero attached hydrogens (tertiary/aromatic N) is 1. The number of oxime groups is 1. The Balaban J connectivity index is 1.91. The second-order valence-corrected chi connectivity index (χ2v) is 13.9. The van der Waals surface area contributed by atoms with Crippen LogP contribution in [0.15, 0.2) is 52.6 Å². The molecule has 0 saturated heterocycles. The highest BCUT2D eigenvalue weighted by atomic mass is 16.7. The summed E-state index contributed by atoms with van der Waals surface area (Å²) >= 11 is 0. The van der Waals surface area contributed by atoms with Gasteiger partial charge in [-0.05, 0) is 19.9 Å². The van der Waals surface area contributed by atoms with Gasteiger partial charge in [0, 0.05) is 55.8 Å². The van der Waals surface area contributed by atoms with Gasteiger partial charge in [0.05, 0.1) is 59.1 Å². The number of esters is 1. The zero-order valence-corrected chi connectivity index (χ0v) is 31.2. The summed E-state index contributed by atoms with van der Waals surface area (Å²) < 4.78 is 23.5. The lowest BCUT2D eigenvalue weighted by Crippen LogP contribution is -2.46. The Kier molecular flexibility index (Phi) is 12.4. The van der Waals surface area contributed by atoms with Crippen LogP contribution in [-0.4, -0.2) is 98.7 Å². The second-order valence-electron chi connectivity index (χ2n) is 13.9. The van der Waals surface area contributed by atoms with E-state index in [-0.39, 0.29) is 28.2 Å². The number of hydrogen-bond donors (Lipinski definition) is 6. The lowest BCUT2D eigenvalue weighted by atomic mass is 9.78. The average Bonchev–Trinajstić information content (AvgIpc) is 3.42. The maximum atomic E-state index is 14.0. The SMILES string of the molecule is CO[C@H]1/C=C/O[C@@]2(C)Oc3c(C)c(O)c4c(c3/C2=N/O)C(=O)C(CO)=C(NC(=O)/C(C)=C\C=C\[C@H](C)[C@H](O)[C@@H](C)[C@@H](O)[C@@H](C)[C@H](OC(C)=O)[C@@H]1C)C4=O. The first kappa shape index (κ1) is 40.9. The number of fused-ring (bicyclic) bond motifs is 14. The number of carbonyl (C=O) groups is 4. The Hall–Kier alpha value is -4.83. The Morgan fingerprint density at radius 3 is 2.23 bits per heavy atom. The minimum atomic E-state index is -1.95. The molecule has 15 heteroatoms. The predicted octanol–water partition coefficient (Wildman–Crippen LogP) is 2.99. The number of carbonyl (C=O) groups excluding carboxylic acids is 4. The van der Waals surface area contributed by atoms with E-state index >= 15 is 0 Å². The van der Waals surface area contributed by atoms with Gasteiger partial charge in [0.2, 0.25) is 5.78 Å². The summed E-state index contributed by atoms with van der Waals surface area (Å²) in [5.41, 5.74) is -2.40. The molecule has 0 unspecified atom stereocenters. The molecule has 5 rings (SSSR count). The third-order valence-electron chi connectivity index (χ3n) is 10.3. The monoisotopic (exact) mass is 740 g/mol. The summed E-state index contributed by atoms with van der Waals surface area (Å²) in [7, 11) is 1.41.